The summed E-state index contributed by atoms with van der Waals surface area (Å²) in [6.45, 7) is 0.665. The van der Waals surface area contributed by atoms with Gasteiger partial charge in [0.05, 0.1) is 23.9 Å². The number of carbonyl (C=O) groups excluding carboxylic acids is 1. The fourth-order valence-corrected chi connectivity index (χ4v) is 1.90. The lowest BCUT2D eigenvalue weighted by atomic mass is 10.1. The molecule has 1 heterocycles. The maximum Gasteiger partial charge on any atom is 0.251 e. The van der Waals surface area contributed by atoms with E-state index in [9.17, 15) is 4.79 Å². The van der Waals surface area contributed by atoms with Crippen molar-refractivity contribution in [2.24, 2.45) is 0 Å². The lowest BCUT2D eigenvalue weighted by Crippen LogP contribution is -2.21. The van der Waals surface area contributed by atoms with Crippen LogP contribution < -0.4 is 16.0 Å². The van der Waals surface area contributed by atoms with E-state index in [0.717, 1.165) is 11.3 Å². The summed E-state index contributed by atoms with van der Waals surface area (Å²) in [6, 6.07) is 7.14. The van der Waals surface area contributed by atoms with E-state index in [1.54, 1.807) is 37.8 Å². The van der Waals surface area contributed by atoms with Gasteiger partial charge in [0.1, 0.15) is 0 Å². The monoisotopic (exact) mass is 259 g/mol. The highest BCUT2D eigenvalue weighted by Crippen LogP contribution is 2.25. The third-order valence-corrected chi connectivity index (χ3v) is 2.93. The Bertz CT molecular complexity index is 564. The summed E-state index contributed by atoms with van der Waals surface area (Å²) < 4.78 is 5.04. The zero-order valence-corrected chi connectivity index (χ0v) is 11.0. The zero-order chi connectivity index (χ0) is 13.8. The standard InChI is InChI=1S/C14H17N3O2/c1-16-14(18)11-3-4-12(15)13(7-11)17(2)8-10-5-6-19-9-10/h3-7,9H,8,15H2,1-2H3,(H,16,18). The number of hydrogen-bond donors (Lipinski definition) is 2. The normalized spacial score (nSPS) is 10.2. The van der Waals surface area contributed by atoms with Crippen LogP contribution in [0.3, 0.4) is 0 Å². The van der Waals surface area contributed by atoms with Crippen LogP contribution in [0.1, 0.15) is 15.9 Å². The Hall–Kier alpha value is -2.43. The van der Waals surface area contributed by atoms with Crippen molar-refractivity contribution >= 4 is 17.3 Å². The molecule has 2 rings (SSSR count). The van der Waals surface area contributed by atoms with Crippen LogP contribution in [0.5, 0.6) is 0 Å². The van der Waals surface area contributed by atoms with E-state index >= 15 is 0 Å². The first-order chi connectivity index (χ1) is 9.11. The number of nitrogens with two attached hydrogens (primary N) is 1. The molecular weight excluding hydrogens is 242 g/mol. The van der Waals surface area contributed by atoms with Crippen molar-refractivity contribution in [1.82, 2.24) is 5.32 Å². The van der Waals surface area contributed by atoms with Crippen molar-refractivity contribution in [2.75, 3.05) is 24.7 Å². The van der Waals surface area contributed by atoms with E-state index in [1.165, 1.54) is 0 Å². The summed E-state index contributed by atoms with van der Waals surface area (Å²) in [5, 5.41) is 2.60. The van der Waals surface area contributed by atoms with Crippen molar-refractivity contribution in [3.8, 4) is 0 Å². The molecule has 3 N–H and O–H groups in total. The SMILES string of the molecule is CNC(=O)c1ccc(N)c(N(C)Cc2ccoc2)c1. The summed E-state index contributed by atoms with van der Waals surface area (Å²) in [7, 11) is 3.53. The number of nitrogens with one attached hydrogen (secondary N) is 1. The van der Waals surface area contributed by atoms with Crippen LogP contribution in [0.15, 0.2) is 41.2 Å². The molecular formula is C14H17N3O2. The van der Waals surface area contributed by atoms with Crippen molar-refractivity contribution in [1.29, 1.82) is 0 Å². The largest absolute Gasteiger partial charge is 0.472 e. The summed E-state index contributed by atoms with van der Waals surface area (Å²) in [4.78, 5) is 13.6. The van der Waals surface area contributed by atoms with Gasteiger partial charge in [-0.3, -0.25) is 4.79 Å². The molecule has 5 heteroatoms. The molecule has 2 aromatic rings. The topological polar surface area (TPSA) is 71.5 Å². The second-order valence-electron chi connectivity index (χ2n) is 4.34. The first kappa shape index (κ1) is 13.0. The number of nitrogen functional groups attached to an aromatic ring is 1. The maximum atomic E-state index is 11.6. The van der Waals surface area contributed by atoms with Gasteiger partial charge in [-0.1, -0.05) is 0 Å². The van der Waals surface area contributed by atoms with Gasteiger partial charge in [0.25, 0.3) is 5.91 Å². The van der Waals surface area contributed by atoms with Crippen LogP contribution in [0.25, 0.3) is 0 Å². The zero-order valence-electron chi connectivity index (χ0n) is 11.0. The van der Waals surface area contributed by atoms with Crippen LogP contribution in [0.2, 0.25) is 0 Å². The molecule has 1 aromatic carbocycles. The number of rotatable bonds is 4. The second-order valence-corrected chi connectivity index (χ2v) is 4.34. The molecule has 0 aliphatic rings. The minimum atomic E-state index is -0.127. The summed E-state index contributed by atoms with van der Waals surface area (Å²) >= 11 is 0. The number of benzene rings is 1. The van der Waals surface area contributed by atoms with Crippen LogP contribution in [-0.4, -0.2) is 20.0 Å². The van der Waals surface area contributed by atoms with Gasteiger partial charge >= 0.3 is 0 Å². The fourth-order valence-electron chi connectivity index (χ4n) is 1.90. The number of anilines is 2. The predicted molar refractivity (Wildman–Crippen MR) is 75.1 cm³/mol. The highest BCUT2D eigenvalue weighted by atomic mass is 16.3. The quantitative estimate of drug-likeness (QED) is 0.822. The molecule has 0 bridgehead atoms. The highest BCUT2D eigenvalue weighted by molar-refractivity contribution is 5.96. The lowest BCUT2D eigenvalue weighted by molar-refractivity contribution is 0.0963. The van der Waals surface area contributed by atoms with Gasteiger partial charge in [-0.25, -0.2) is 0 Å². The molecule has 0 aliphatic heterocycles. The Morgan fingerprint density at radius 3 is 2.84 bits per heavy atom. The predicted octanol–water partition coefficient (Wildman–Crippen LogP) is 1.86. The molecule has 0 spiro atoms. The lowest BCUT2D eigenvalue weighted by Gasteiger charge is -2.21. The van der Waals surface area contributed by atoms with E-state index in [0.29, 0.717) is 17.8 Å². The number of nitrogens with zero attached hydrogens (tertiary/aromatic N) is 1. The van der Waals surface area contributed by atoms with E-state index < -0.39 is 0 Å². The molecule has 0 aliphatic carbocycles. The molecule has 0 fully saturated rings. The molecule has 0 saturated heterocycles. The van der Waals surface area contributed by atoms with E-state index in [2.05, 4.69) is 5.32 Å². The van der Waals surface area contributed by atoms with Crippen LogP contribution in [-0.2, 0) is 6.54 Å². The van der Waals surface area contributed by atoms with Crippen LogP contribution >= 0.6 is 0 Å². The number of furan rings is 1. The van der Waals surface area contributed by atoms with Gasteiger partial charge in [0, 0.05) is 31.8 Å². The van der Waals surface area contributed by atoms with Gasteiger partial charge in [-0.2, -0.15) is 0 Å². The molecule has 0 saturated carbocycles. The first-order valence-electron chi connectivity index (χ1n) is 5.95. The number of amides is 1. The summed E-state index contributed by atoms with van der Waals surface area (Å²) in [5.41, 5.74) is 9.06. The van der Waals surface area contributed by atoms with Crippen LogP contribution in [0, 0.1) is 0 Å². The van der Waals surface area contributed by atoms with Gasteiger partial charge in [0.15, 0.2) is 0 Å². The summed E-state index contributed by atoms with van der Waals surface area (Å²) in [6.07, 6.45) is 3.32. The van der Waals surface area contributed by atoms with Crippen molar-refractivity contribution in [2.45, 2.75) is 6.54 Å². The molecule has 0 unspecified atom stereocenters. The van der Waals surface area contributed by atoms with Crippen molar-refractivity contribution in [3.05, 3.63) is 47.9 Å². The van der Waals surface area contributed by atoms with Crippen molar-refractivity contribution in [3.63, 3.8) is 0 Å². The Balaban J connectivity index is 2.25. The highest BCUT2D eigenvalue weighted by Gasteiger charge is 2.11. The molecule has 19 heavy (non-hydrogen) atoms. The first-order valence-corrected chi connectivity index (χ1v) is 5.95. The fraction of sp³-hybridized carbons (Fsp3) is 0.214. The van der Waals surface area contributed by atoms with Crippen LogP contribution in [0.4, 0.5) is 11.4 Å². The third-order valence-electron chi connectivity index (χ3n) is 2.93. The molecule has 5 nitrogen and oxygen atoms in total. The number of hydrogen-bond acceptors (Lipinski definition) is 4. The van der Waals surface area contributed by atoms with Gasteiger partial charge < -0.3 is 20.4 Å². The minimum Gasteiger partial charge on any atom is -0.472 e. The van der Waals surface area contributed by atoms with Crippen molar-refractivity contribution < 1.29 is 9.21 Å². The Labute approximate surface area is 112 Å². The summed E-state index contributed by atoms with van der Waals surface area (Å²) in [5.74, 6) is -0.127. The maximum absolute atomic E-state index is 11.6. The minimum absolute atomic E-state index is 0.127. The third kappa shape index (κ3) is 2.88. The molecule has 1 aromatic heterocycles. The average molecular weight is 259 g/mol. The molecule has 0 atom stereocenters. The van der Waals surface area contributed by atoms with Gasteiger partial charge in [-0.05, 0) is 24.3 Å². The Kier molecular flexibility index (Phi) is 3.75. The van der Waals surface area contributed by atoms with E-state index in [4.69, 9.17) is 10.2 Å². The Morgan fingerprint density at radius 1 is 1.42 bits per heavy atom. The molecule has 100 valence electrons. The number of carbonyl (C=O) groups is 1. The van der Waals surface area contributed by atoms with Gasteiger partial charge in [-0.15, -0.1) is 0 Å². The smallest absolute Gasteiger partial charge is 0.251 e. The van der Waals surface area contributed by atoms with Gasteiger partial charge in [0.2, 0.25) is 0 Å². The second kappa shape index (κ2) is 5.48. The average Bonchev–Trinajstić information content (AvgIpc) is 2.91. The molecule has 1 amide bonds. The van der Waals surface area contributed by atoms with E-state index in [-0.39, 0.29) is 5.91 Å². The molecule has 0 radical (unpaired) electrons. The Morgan fingerprint density at radius 2 is 2.21 bits per heavy atom. The van der Waals surface area contributed by atoms with E-state index in [1.807, 2.05) is 18.0 Å².